The zero-order chi connectivity index (χ0) is 13.0. The molecule has 0 aromatic carbocycles. The summed E-state index contributed by atoms with van der Waals surface area (Å²) >= 11 is 6.65. The van der Waals surface area contributed by atoms with Gasteiger partial charge < -0.3 is 10.4 Å². The van der Waals surface area contributed by atoms with Gasteiger partial charge in [0.05, 0.1) is 5.60 Å². The van der Waals surface area contributed by atoms with E-state index < -0.39 is 5.60 Å². The van der Waals surface area contributed by atoms with Gasteiger partial charge in [-0.3, -0.25) is 4.79 Å². The van der Waals surface area contributed by atoms with Gasteiger partial charge in [-0.15, -0.1) is 10.2 Å². The molecule has 7 heteroatoms. The van der Waals surface area contributed by atoms with Gasteiger partial charge in [-0.05, 0) is 24.4 Å². The summed E-state index contributed by atoms with van der Waals surface area (Å²) in [5.41, 5.74) is -0.777. The Balaban J connectivity index is 1.88. The average molecular weight is 290 g/mol. The van der Waals surface area contributed by atoms with E-state index in [0.717, 1.165) is 49.9 Å². The summed E-state index contributed by atoms with van der Waals surface area (Å²) in [6.45, 7) is 0.267. The van der Waals surface area contributed by atoms with Crippen LogP contribution in [0.3, 0.4) is 0 Å². The first-order chi connectivity index (χ1) is 8.59. The highest BCUT2D eigenvalue weighted by Crippen LogP contribution is 2.26. The van der Waals surface area contributed by atoms with Crippen LogP contribution in [0.15, 0.2) is 0 Å². The van der Waals surface area contributed by atoms with E-state index in [2.05, 4.69) is 15.5 Å². The summed E-state index contributed by atoms with van der Waals surface area (Å²) in [5.74, 6) is -0.322. The topological polar surface area (TPSA) is 75.1 Å². The summed E-state index contributed by atoms with van der Waals surface area (Å²) in [4.78, 5) is 11.8. The highest BCUT2D eigenvalue weighted by molar-refractivity contribution is 7.17. The number of halogens is 1. The summed E-state index contributed by atoms with van der Waals surface area (Å²) in [6.07, 6.45) is 5.81. The van der Waals surface area contributed by atoms with E-state index in [1.54, 1.807) is 0 Å². The number of nitrogens with one attached hydrogen (secondary N) is 1. The number of nitrogens with zero attached hydrogens (tertiary/aromatic N) is 2. The van der Waals surface area contributed by atoms with Crippen molar-refractivity contribution in [2.75, 3.05) is 6.54 Å². The maximum Gasteiger partial charge on any atom is 0.282 e. The third-order valence-corrected chi connectivity index (χ3v) is 4.22. The molecule has 1 aromatic heterocycles. The second-order valence-corrected chi connectivity index (χ2v) is 6.24. The molecule has 18 heavy (non-hydrogen) atoms. The maximum atomic E-state index is 11.8. The summed E-state index contributed by atoms with van der Waals surface area (Å²) in [6, 6.07) is 0. The third kappa shape index (κ3) is 3.63. The quantitative estimate of drug-likeness (QED) is 0.835. The number of aromatic nitrogens is 2. The lowest BCUT2D eigenvalue weighted by atomic mass is 9.94. The van der Waals surface area contributed by atoms with Crippen LogP contribution in [0.25, 0.3) is 0 Å². The number of hydrogen-bond acceptors (Lipinski definition) is 5. The number of hydrogen-bond donors (Lipinski definition) is 2. The van der Waals surface area contributed by atoms with Gasteiger partial charge in [-0.25, -0.2) is 0 Å². The molecule has 1 fully saturated rings. The molecule has 0 unspecified atom stereocenters. The van der Waals surface area contributed by atoms with Crippen molar-refractivity contribution in [2.45, 2.75) is 44.1 Å². The minimum atomic E-state index is -0.777. The smallest absolute Gasteiger partial charge is 0.282 e. The van der Waals surface area contributed by atoms with Crippen molar-refractivity contribution >= 4 is 28.8 Å². The Bertz CT molecular complexity index is 416. The van der Waals surface area contributed by atoms with Crippen molar-refractivity contribution in [3.63, 3.8) is 0 Å². The molecule has 100 valence electrons. The Hall–Kier alpha value is -0.720. The highest BCUT2D eigenvalue weighted by Gasteiger charge is 2.28. The Labute approximate surface area is 115 Å². The van der Waals surface area contributed by atoms with E-state index in [0.29, 0.717) is 0 Å². The standard InChI is InChI=1S/C11H16ClN3O2S/c12-10-15-14-9(18-10)8(16)13-7-11(17)5-3-1-2-4-6-11/h17H,1-7H2,(H,13,16). The van der Waals surface area contributed by atoms with E-state index in [1.807, 2.05) is 0 Å². The lowest BCUT2D eigenvalue weighted by Gasteiger charge is -2.26. The zero-order valence-corrected chi connectivity index (χ0v) is 11.6. The van der Waals surface area contributed by atoms with Crippen LogP contribution in [0.1, 0.15) is 48.3 Å². The van der Waals surface area contributed by atoms with Crippen molar-refractivity contribution in [1.29, 1.82) is 0 Å². The van der Waals surface area contributed by atoms with Crippen molar-refractivity contribution in [3.05, 3.63) is 9.47 Å². The van der Waals surface area contributed by atoms with Crippen molar-refractivity contribution < 1.29 is 9.90 Å². The molecular weight excluding hydrogens is 274 g/mol. The second-order valence-electron chi connectivity index (χ2n) is 4.68. The van der Waals surface area contributed by atoms with Crippen LogP contribution in [0.4, 0.5) is 0 Å². The van der Waals surface area contributed by atoms with Gasteiger partial charge in [0.25, 0.3) is 5.91 Å². The summed E-state index contributed by atoms with van der Waals surface area (Å²) < 4.78 is 0.244. The van der Waals surface area contributed by atoms with Crippen LogP contribution in [-0.2, 0) is 0 Å². The normalized spacial score (nSPS) is 19.2. The number of rotatable bonds is 3. The lowest BCUT2D eigenvalue weighted by Crippen LogP contribution is -2.42. The minimum absolute atomic E-state index is 0.234. The van der Waals surface area contributed by atoms with Gasteiger partial charge in [-0.2, -0.15) is 0 Å². The first-order valence-electron chi connectivity index (χ1n) is 6.09. The van der Waals surface area contributed by atoms with Crippen LogP contribution in [0.2, 0.25) is 4.47 Å². The first kappa shape index (κ1) is 13.7. The zero-order valence-electron chi connectivity index (χ0n) is 9.99. The average Bonchev–Trinajstić information content (AvgIpc) is 2.66. The highest BCUT2D eigenvalue weighted by atomic mass is 35.5. The molecule has 1 heterocycles. The molecule has 0 spiro atoms. The molecule has 0 aliphatic heterocycles. The Morgan fingerprint density at radius 3 is 2.56 bits per heavy atom. The van der Waals surface area contributed by atoms with E-state index >= 15 is 0 Å². The van der Waals surface area contributed by atoms with Crippen LogP contribution in [0.5, 0.6) is 0 Å². The maximum absolute atomic E-state index is 11.8. The molecule has 1 saturated carbocycles. The first-order valence-corrected chi connectivity index (χ1v) is 7.28. The molecule has 1 amide bonds. The van der Waals surface area contributed by atoms with E-state index in [9.17, 15) is 9.90 Å². The molecule has 0 atom stereocenters. The molecular formula is C11H16ClN3O2S. The van der Waals surface area contributed by atoms with Gasteiger partial charge in [0.1, 0.15) is 0 Å². The van der Waals surface area contributed by atoms with Gasteiger partial charge in [0.2, 0.25) is 9.47 Å². The predicted molar refractivity (Wildman–Crippen MR) is 69.9 cm³/mol. The van der Waals surface area contributed by atoms with Crippen LogP contribution in [-0.4, -0.2) is 33.4 Å². The monoisotopic (exact) mass is 289 g/mol. The SMILES string of the molecule is O=C(NCC1(O)CCCCCC1)c1nnc(Cl)s1. The Morgan fingerprint density at radius 2 is 2.00 bits per heavy atom. The third-order valence-electron chi connectivity index (χ3n) is 3.21. The summed E-state index contributed by atoms with van der Waals surface area (Å²) in [7, 11) is 0. The molecule has 5 nitrogen and oxygen atoms in total. The number of aliphatic hydroxyl groups is 1. The van der Waals surface area contributed by atoms with Crippen molar-refractivity contribution in [2.24, 2.45) is 0 Å². The van der Waals surface area contributed by atoms with Crippen molar-refractivity contribution in [1.82, 2.24) is 15.5 Å². The van der Waals surface area contributed by atoms with Crippen LogP contribution < -0.4 is 5.32 Å². The van der Waals surface area contributed by atoms with E-state index in [-0.39, 0.29) is 21.9 Å². The van der Waals surface area contributed by atoms with Crippen LogP contribution >= 0.6 is 22.9 Å². The largest absolute Gasteiger partial charge is 0.388 e. The minimum Gasteiger partial charge on any atom is -0.388 e. The second kappa shape index (κ2) is 5.95. The number of carbonyl (C=O) groups excluding carboxylic acids is 1. The molecule has 0 bridgehead atoms. The van der Waals surface area contributed by atoms with E-state index in [4.69, 9.17) is 11.6 Å². The molecule has 0 saturated heterocycles. The van der Waals surface area contributed by atoms with E-state index in [1.165, 1.54) is 0 Å². The fourth-order valence-corrected chi connectivity index (χ4v) is 2.93. The van der Waals surface area contributed by atoms with Gasteiger partial charge in [0.15, 0.2) is 0 Å². The Kier molecular flexibility index (Phi) is 4.53. The van der Waals surface area contributed by atoms with Crippen LogP contribution in [0, 0.1) is 0 Å². The molecule has 2 rings (SSSR count). The number of carbonyl (C=O) groups is 1. The Morgan fingerprint density at radius 1 is 1.33 bits per heavy atom. The van der Waals surface area contributed by atoms with Gasteiger partial charge in [-0.1, -0.05) is 37.0 Å². The van der Waals surface area contributed by atoms with Gasteiger partial charge >= 0.3 is 0 Å². The number of amides is 1. The molecule has 1 aromatic rings. The predicted octanol–water partition coefficient (Wildman–Crippen LogP) is 2.01. The molecule has 1 aliphatic carbocycles. The molecule has 1 aliphatic rings. The summed E-state index contributed by atoms with van der Waals surface area (Å²) in [5, 5.41) is 20.6. The lowest BCUT2D eigenvalue weighted by molar-refractivity contribution is 0.0246. The van der Waals surface area contributed by atoms with Crippen molar-refractivity contribution in [3.8, 4) is 0 Å². The molecule has 0 radical (unpaired) electrons. The van der Waals surface area contributed by atoms with Gasteiger partial charge in [0, 0.05) is 6.54 Å². The molecule has 2 N–H and O–H groups in total. The fourth-order valence-electron chi connectivity index (χ4n) is 2.18. The fraction of sp³-hybridized carbons (Fsp3) is 0.727.